The Labute approximate surface area is 482 Å². The SMILES string of the molecule is Brc1cccc(B2c3ccccc3-n3c4ccccc4c4cccc2c43)c1.Clc1ccc(B2c3ccccc3-n3c4ccccc4c4cccc2c43)cc1.Fc1cccc(B2c3ccccc3-n3c4ccccc4c4cccc2c43)c1. The van der Waals surface area contributed by atoms with Crippen LogP contribution in [0.4, 0.5) is 4.39 Å². The molecule has 0 atom stereocenters. The van der Waals surface area contributed by atoms with Gasteiger partial charge in [0.1, 0.15) is 5.82 Å². The molecule has 3 nitrogen and oxygen atoms in total. The monoisotopic (exact) mass is 1120 g/mol. The van der Waals surface area contributed by atoms with Crippen LogP contribution in [0.15, 0.2) is 277 Å². The third kappa shape index (κ3) is 7.43. The van der Waals surface area contributed by atoms with Gasteiger partial charge in [0.25, 0.3) is 0 Å². The van der Waals surface area contributed by atoms with Gasteiger partial charge in [-0.15, -0.1) is 0 Å². The van der Waals surface area contributed by atoms with Crippen molar-refractivity contribution < 1.29 is 4.39 Å². The van der Waals surface area contributed by atoms with E-state index in [1.807, 2.05) is 18.2 Å². The number of hydrogen-bond donors (Lipinski definition) is 0. The molecule has 0 saturated carbocycles. The van der Waals surface area contributed by atoms with E-state index in [9.17, 15) is 4.39 Å². The fourth-order valence-corrected chi connectivity index (χ4v) is 14.5. The zero-order valence-electron chi connectivity index (χ0n) is 43.7. The zero-order valence-corrected chi connectivity index (χ0v) is 46.0. The van der Waals surface area contributed by atoms with Gasteiger partial charge in [0.05, 0.1) is 16.6 Å². The van der Waals surface area contributed by atoms with Gasteiger partial charge in [0, 0.05) is 75.4 Å². The largest absolute Gasteiger partial charge is 0.310 e. The molecule has 81 heavy (non-hydrogen) atoms. The molecule has 3 aliphatic rings. The number of rotatable bonds is 3. The molecule has 0 N–H and O–H groups in total. The smallest absolute Gasteiger partial charge is 0.246 e. The summed E-state index contributed by atoms with van der Waals surface area (Å²) in [4.78, 5) is 0. The minimum atomic E-state index is -0.191. The van der Waals surface area contributed by atoms with Crippen molar-refractivity contribution in [2.45, 2.75) is 0 Å². The Balaban J connectivity index is 0.000000100. The van der Waals surface area contributed by atoms with Crippen LogP contribution in [0.1, 0.15) is 0 Å². The molecule has 9 heteroatoms. The van der Waals surface area contributed by atoms with Crippen molar-refractivity contribution >= 4 is 162 Å². The lowest BCUT2D eigenvalue weighted by Crippen LogP contribution is -2.55. The summed E-state index contributed by atoms with van der Waals surface area (Å²) in [7, 11) is 0. The van der Waals surface area contributed by atoms with Crippen molar-refractivity contribution in [3.8, 4) is 17.1 Å². The molecule has 3 aromatic heterocycles. The van der Waals surface area contributed by atoms with Crippen LogP contribution in [0.3, 0.4) is 0 Å². The first kappa shape index (κ1) is 47.9. The van der Waals surface area contributed by atoms with E-state index >= 15 is 0 Å². The first-order valence-corrected chi connectivity index (χ1v) is 28.8. The summed E-state index contributed by atoms with van der Waals surface area (Å²) in [6, 6.07) is 96.0. The molecule has 0 spiro atoms. The first-order chi connectivity index (χ1) is 40.0. The Morgan fingerprint density at radius 3 is 1.05 bits per heavy atom. The maximum atomic E-state index is 14.0. The number of benzene rings is 12. The topological polar surface area (TPSA) is 14.8 Å². The summed E-state index contributed by atoms with van der Waals surface area (Å²) in [6.07, 6.45) is 0. The van der Waals surface area contributed by atoms with Gasteiger partial charge >= 0.3 is 0 Å². The van der Waals surface area contributed by atoms with Gasteiger partial charge in [-0.05, 0) is 99.5 Å². The molecular formula is C72H45B3BrClFN3. The molecule has 0 aliphatic carbocycles. The minimum Gasteiger partial charge on any atom is -0.310 e. The number of para-hydroxylation sites is 9. The molecule has 0 amide bonds. The lowest BCUT2D eigenvalue weighted by molar-refractivity contribution is 0.629. The van der Waals surface area contributed by atoms with E-state index in [0.717, 1.165) is 15.0 Å². The maximum absolute atomic E-state index is 14.0. The van der Waals surface area contributed by atoms with Crippen LogP contribution in [0, 0.1) is 5.82 Å². The summed E-state index contributed by atoms with van der Waals surface area (Å²) >= 11 is 9.82. The van der Waals surface area contributed by atoms with Crippen molar-refractivity contribution in [1.29, 1.82) is 0 Å². The normalized spacial score (nSPS) is 12.6. The van der Waals surface area contributed by atoms with Crippen molar-refractivity contribution in [1.82, 2.24) is 13.7 Å². The Bertz CT molecular complexity index is 4830. The fourth-order valence-electron chi connectivity index (χ4n) is 14.0. The number of aromatic nitrogens is 3. The van der Waals surface area contributed by atoms with Gasteiger partial charge in [-0.1, -0.05) is 250 Å². The lowest BCUT2D eigenvalue weighted by Gasteiger charge is -2.27. The minimum absolute atomic E-state index is 0.0254. The van der Waals surface area contributed by atoms with Crippen molar-refractivity contribution in [3.63, 3.8) is 0 Å². The highest BCUT2D eigenvalue weighted by Gasteiger charge is 2.36. The van der Waals surface area contributed by atoms with Crippen LogP contribution in [0.5, 0.6) is 0 Å². The Morgan fingerprint density at radius 1 is 0.296 bits per heavy atom. The number of hydrogen-bond acceptors (Lipinski definition) is 0. The zero-order chi connectivity index (χ0) is 53.9. The van der Waals surface area contributed by atoms with Crippen LogP contribution >= 0.6 is 27.5 Å². The predicted molar refractivity (Wildman–Crippen MR) is 348 cm³/mol. The molecule has 378 valence electrons. The van der Waals surface area contributed by atoms with Gasteiger partial charge in [0.2, 0.25) is 20.1 Å². The van der Waals surface area contributed by atoms with E-state index in [0.29, 0.717) is 0 Å². The van der Waals surface area contributed by atoms with Crippen molar-refractivity contribution in [2.75, 3.05) is 0 Å². The standard InChI is InChI=1S/C24H15BBrN.C24H15BClN.C24H15BFN/c26-17-8-5-7-16(15-17)25-20-11-2-4-14-23(20)27-22-13-3-1-9-18(22)19-10-6-12-21(25)24(19)27;26-17-14-12-16(13-15-17)25-20-8-2-4-11-23(20)27-22-10-3-1-6-18(22)19-7-5-9-21(25)24(19)27;26-17-8-5-7-16(15-17)25-20-11-2-4-14-23(20)27-22-13-3-1-9-18(22)19-10-6-12-21(25)24(19)27/h3*1-15H. The van der Waals surface area contributed by atoms with Gasteiger partial charge in [-0.25, -0.2) is 4.39 Å². The molecule has 6 heterocycles. The van der Waals surface area contributed by atoms with Crippen LogP contribution in [-0.4, -0.2) is 33.8 Å². The third-order valence-corrected chi connectivity index (χ3v) is 17.9. The highest BCUT2D eigenvalue weighted by Crippen LogP contribution is 2.36. The van der Waals surface area contributed by atoms with Crippen molar-refractivity contribution in [3.05, 3.63) is 288 Å². The van der Waals surface area contributed by atoms with E-state index in [-0.39, 0.29) is 26.0 Å². The molecule has 0 bridgehead atoms. The van der Waals surface area contributed by atoms with Gasteiger partial charge in [-0.2, -0.15) is 0 Å². The van der Waals surface area contributed by atoms with Crippen molar-refractivity contribution in [2.24, 2.45) is 0 Å². The molecule has 0 saturated heterocycles. The average molecular weight is 1120 g/mol. The number of halogens is 3. The third-order valence-electron chi connectivity index (χ3n) is 17.1. The first-order valence-electron chi connectivity index (χ1n) is 27.6. The second-order valence-electron chi connectivity index (χ2n) is 21.4. The van der Waals surface area contributed by atoms with Crippen LogP contribution in [-0.2, 0) is 0 Å². The molecule has 3 aliphatic heterocycles. The van der Waals surface area contributed by atoms with Crippen LogP contribution in [0.25, 0.3) is 82.5 Å². The van der Waals surface area contributed by atoms with Crippen LogP contribution in [0.2, 0.25) is 5.02 Å². The Kier molecular flexibility index (Phi) is 11.3. The number of nitrogens with zero attached hydrogens (tertiary/aromatic N) is 3. The maximum Gasteiger partial charge on any atom is 0.246 e. The molecular weight excluding hydrogens is 1070 g/mol. The number of fused-ring (bicyclic) bond motifs is 15. The van der Waals surface area contributed by atoms with E-state index in [1.165, 1.54) is 132 Å². The highest BCUT2D eigenvalue weighted by molar-refractivity contribution is 9.10. The molecule has 0 unspecified atom stereocenters. The highest BCUT2D eigenvalue weighted by atomic mass is 79.9. The van der Waals surface area contributed by atoms with E-state index in [1.54, 1.807) is 12.1 Å². The van der Waals surface area contributed by atoms with Gasteiger partial charge in [0.15, 0.2) is 0 Å². The second-order valence-corrected chi connectivity index (χ2v) is 22.8. The molecule has 0 radical (unpaired) electrons. The molecule has 18 rings (SSSR count). The fraction of sp³-hybridized carbons (Fsp3) is 0. The van der Waals surface area contributed by atoms with Gasteiger partial charge < -0.3 is 13.7 Å². The van der Waals surface area contributed by atoms with E-state index in [2.05, 4.69) is 266 Å². The lowest BCUT2D eigenvalue weighted by atomic mass is 9.35. The average Bonchev–Trinajstić information content (AvgIpc) is 3.70. The summed E-state index contributed by atoms with van der Waals surface area (Å²) in [5, 5.41) is 8.55. The molecule has 12 aromatic carbocycles. The van der Waals surface area contributed by atoms with E-state index in [4.69, 9.17) is 11.6 Å². The molecule has 0 fully saturated rings. The summed E-state index contributed by atoms with van der Waals surface area (Å²) in [5.41, 5.74) is 22.8. The quantitative estimate of drug-likeness (QED) is 0.157. The Morgan fingerprint density at radius 2 is 0.630 bits per heavy atom. The Hall–Kier alpha value is -9.07. The summed E-state index contributed by atoms with van der Waals surface area (Å²) in [6.45, 7) is 0.468. The van der Waals surface area contributed by atoms with Gasteiger partial charge in [-0.3, -0.25) is 0 Å². The summed E-state index contributed by atoms with van der Waals surface area (Å²) in [5.74, 6) is -0.191. The predicted octanol–water partition coefficient (Wildman–Crippen LogP) is 12.4. The van der Waals surface area contributed by atoms with Crippen LogP contribution < -0.4 is 49.2 Å². The van der Waals surface area contributed by atoms with E-state index < -0.39 is 0 Å². The second kappa shape index (κ2) is 19.1. The summed E-state index contributed by atoms with van der Waals surface area (Å²) < 4.78 is 22.4. The molecule has 15 aromatic rings.